The van der Waals surface area contributed by atoms with Gasteiger partial charge in [0.15, 0.2) is 0 Å². The first kappa shape index (κ1) is 16.0. The van der Waals surface area contributed by atoms with Crippen molar-refractivity contribution in [1.82, 2.24) is 9.97 Å². The molecule has 1 aromatic heterocycles. The minimum absolute atomic E-state index is 0.630. The van der Waals surface area contributed by atoms with Crippen LogP contribution >= 0.6 is 0 Å². The molecule has 0 radical (unpaired) electrons. The van der Waals surface area contributed by atoms with Gasteiger partial charge in [-0.05, 0) is 44.0 Å². The summed E-state index contributed by atoms with van der Waals surface area (Å²) in [6, 6.07) is 18.6. The van der Waals surface area contributed by atoms with E-state index in [1.165, 1.54) is 16.7 Å². The molecule has 0 aliphatic rings. The Morgan fingerprint density at radius 3 is 2.38 bits per heavy atom. The molecular formula is C20H22N4. The largest absolute Gasteiger partial charge is 0.350 e. The molecule has 1 heterocycles. The van der Waals surface area contributed by atoms with Crippen molar-refractivity contribution < 1.29 is 0 Å². The molecule has 0 saturated heterocycles. The predicted molar refractivity (Wildman–Crippen MR) is 99.7 cm³/mol. The summed E-state index contributed by atoms with van der Waals surface area (Å²) in [5.41, 5.74) is 5.63. The highest BCUT2D eigenvalue weighted by Crippen LogP contribution is 2.18. The molecule has 4 nitrogen and oxygen atoms in total. The van der Waals surface area contributed by atoms with Gasteiger partial charge in [-0.1, -0.05) is 42.0 Å². The topological polar surface area (TPSA) is 49.8 Å². The molecule has 0 unspecified atom stereocenters. The van der Waals surface area contributed by atoms with Gasteiger partial charge in [0.1, 0.15) is 5.82 Å². The van der Waals surface area contributed by atoms with Crippen molar-refractivity contribution in [2.24, 2.45) is 0 Å². The normalized spacial score (nSPS) is 10.5. The third kappa shape index (κ3) is 4.32. The zero-order valence-electron chi connectivity index (χ0n) is 14.3. The summed E-state index contributed by atoms with van der Waals surface area (Å²) in [5.74, 6) is 1.42. The number of nitrogens with zero attached hydrogens (tertiary/aromatic N) is 2. The lowest BCUT2D eigenvalue weighted by Gasteiger charge is -2.10. The fourth-order valence-corrected chi connectivity index (χ4v) is 2.47. The standard InChI is InChI=1S/C20H22N4/c1-14-7-9-17(10-8-14)13-21-20-22-16(3)12-19(24-20)23-18-6-4-5-15(2)11-18/h4-12H,13H2,1-3H3,(H2,21,22,23,24). The summed E-state index contributed by atoms with van der Waals surface area (Å²) in [6.45, 7) is 6.84. The van der Waals surface area contributed by atoms with E-state index in [0.717, 1.165) is 17.2 Å². The van der Waals surface area contributed by atoms with Crippen LogP contribution in [0.3, 0.4) is 0 Å². The molecule has 0 spiro atoms. The molecule has 0 atom stereocenters. The maximum Gasteiger partial charge on any atom is 0.225 e. The van der Waals surface area contributed by atoms with Crippen LogP contribution in [0.1, 0.15) is 22.4 Å². The number of benzene rings is 2. The SMILES string of the molecule is Cc1ccc(CNc2nc(C)cc(Nc3cccc(C)c3)n2)cc1. The van der Waals surface area contributed by atoms with E-state index in [9.17, 15) is 0 Å². The average Bonchev–Trinajstić information content (AvgIpc) is 2.54. The third-order valence-electron chi connectivity index (χ3n) is 3.72. The number of aromatic nitrogens is 2. The molecule has 4 heteroatoms. The van der Waals surface area contributed by atoms with Crippen molar-refractivity contribution in [1.29, 1.82) is 0 Å². The molecular weight excluding hydrogens is 296 g/mol. The zero-order chi connectivity index (χ0) is 16.9. The minimum atomic E-state index is 0.630. The highest BCUT2D eigenvalue weighted by Gasteiger charge is 2.03. The second-order valence-corrected chi connectivity index (χ2v) is 6.05. The van der Waals surface area contributed by atoms with Crippen molar-refractivity contribution in [3.63, 3.8) is 0 Å². The number of anilines is 3. The molecule has 3 rings (SSSR count). The fraction of sp³-hybridized carbons (Fsp3) is 0.200. The number of aryl methyl sites for hydroxylation is 3. The van der Waals surface area contributed by atoms with Gasteiger partial charge in [0.25, 0.3) is 0 Å². The molecule has 0 amide bonds. The molecule has 122 valence electrons. The van der Waals surface area contributed by atoms with Crippen LogP contribution in [0.15, 0.2) is 54.6 Å². The van der Waals surface area contributed by atoms with Crippen LogP contribution in [-0.2, 0) is 6.54 Å². The number of nitrogens with one attached hydrogen (secondary N) is 2. The van der Waals surface area contributed by atoms with Crippen LogP contribution in [0.2, 0.25) is 0 Å². The van der Waals surface area contributed by atoms with Crippen LogP contribution in [0.4, 0.5) is 17.5 Å². The van der Waals surface area contributed by atoms with E-state index in [1.807, 2.05) is 25.1 Å². The van der Waals surface area contributed by atoms with Crippen LogP contribution in [0.25, 0.3) is 0 Å². The van der Waals surface area contributed by atoms with E-state index in [2.05, 4.69) is 70.8 Å². The molecule has 0 fully saturated rings. The van der Waals surface area contributed by atoms with Crippen LogP contribution in [0, 0.1) is 20.8 Å². The third-order valence-corrected chi connectivity index (χ3v) is 3.72. The first-order chi connectivity index (χ1) is 11.6. The van der Waals surface area contributed by atoms with Gasteiger partial charge in [0.2, 0.25) is 5.95 Å². The van der Waals surface area contributed by atoms with E-state index >= 15 is 0 Å². The fourth-order valence-electron chi connectivity index (χ4n) is 2.47. The first-order valence-electron chi connectivity index (χ1n) is 8.07. The Labute approximate surface area is 143 Å². The van der Waals surface area contributed by atoms with E-state index in [0.29, 0.717) is 12.5 Å². The number of hydrogen-bond donors (Lipinski definition) is 2. The second-order valence-electron chi connectivity index (χ2n) is 6.05. The highest BCUT2D eigenvalue weighted by atomic mass is 15.1. The molecule has 0 aliphatic heterocycles. The van der Waals surface area contributed by atoms with Gasteiger partial charge in [-0.25, -0.2) is 4.98 Å². The molecule has 2 N–H and O–H groups in total. The predicted octanol–water partition coefficient (Wildman–Crippen LogP) is 4.76. The molecule has 24 heavy (non-hydrogen) atoms. The average molecular weight is 318 g/mol. The van der Waals surface area contributed by atoms with Crippen molar-refractivity contribution in [2.45, 2.75) is 27.3 Å². The van der Waals surface area contributed by atoms with Gasteiger partial charge in [-0.15, -0.1) is 0 Å². The lowest BCUT2D eigenvalue weighted by atomic mass is 10.1. The number of rotatable bonds is 5. The quantitative estimate of drug-likeness (QED) is 0.712. The Kier molecular flexibility index (Phi) is 4.75. The minimum Gasteiger partial charge on any atom is -0.350 e. The Bertz CT molecular complexity index is 825. The van der Waals surface area contributed by atoms with Gasteiger partial charge < -0.3 is 10.6 Å². The van der Waals surface area contributed by atoms with Crippen molar-refractivity contribution >= 4 is 17.5 Å². The van der Waals surface area contributed by atoms with Gasteiger partial charge in [0, 0.05) is 24.0 Å². The van der Waals surface area contributed by atoms with Crippen molar-refractivity contribution in [3.8, 4) is 0 Å². The summed E-state index contributed by atoms with van der Waals surface area (Å²) < 4.78 is 0. The van der Waals surface area contributed by atoms with Crippen molar-refractivity contribution in [2.75, 3.05) is 10.6 Å². The summed E-state index contributed by atoms with van der Waals surface area (Å²) in [5, 5.41) is 6.64. The van der Waals surface area contributed by atoms with Crippen LogP contribution < -0.4 is 10.6 Å². The van der Waals surface area contributed by atoms with Crippen molar-refractivity contribution in [3.05, 3.63) is 77.0 Å². The smallest absolute Gasteiger partial charge is 0.225 e. The summed E-state index contributed by atoms with van der Waals surface area (Å²) in [4.78, 5) is 9.02. The second kappa shape index (κ2) is 7.13. The van der Waals surface area contributed by atoms with E-state index in [1.54, 1.807) is 0 Å². The molecule has 0 saturated carbocycles. The molecule has 0 aliphatic carbocycles. The van der Waals surface area contributed by atoms with E-state index < -0.39 is 0 Å². The summed E-state index contributed by atoms with van der Waals surface area (Å²) in [7, 11) is 0. The van der Waals surface area contributed by atoms with Crippen LogP contribution in [-0.4, -0.2) is 9.97 Å². The summed E-state index contributed by atoms with van der Waals surface area (Å²) >= 11 is 0. The lowest BCUT2D eigenvalue weighted by Crippen LogP contribution is -2.06. The van der Waals surface area contributed by atoms with Gasteiger partial charge in [-0.3, -0.25) is 0 Å². The molecule has 3 aromatic rings. The first-order valence-corrected chi connectivity index (χ1v) is 8.07. The van der Waals surface area contributed by atoms with E-state index in [4.69, 9.17) is 0 Å². The molecule has 2 aromatic carbocycles. The summed E-state index contributed by atoms with van der Waals surface area (Å²) in [6.07, 6.45) is 0. The van der Waals surface area contributed by atoms with Gasteiger partial charge >= 0.3 is 0 Å². The van der Waals surface area contributed by atoms with Crippen LogP contribution in [0.5, 0.6) is 0 Å². The lowest BCUT2D eigenvalue weighted by molar-refractivity contribution is 1.03. The van der Waals surface area contributed by atoms with E-state index in [-0.39, 0.29) is 0 Å². The Hall–Kier alpha value is -2.88. The maximum atomic E-state index is 4.56. The Morgan fingerprint density at radius 1 is 0.833 bits per heavy atom. The monoisotopic (exact) mass is 318 g/mol. The maximum absolute atomic E-state index is 4.56. The molecule has 0 bridgehead atoms. The Morgan fingerprint density at radius 2 is 1.62 bits per heavy atom. The van der Waals surface area contributed by atoms with Gasteiger partial charge in [-0.2, -0.15) is 4.98 Å². The van der Waals surface area contributed by atoms with Gasteiger partial charge in [0.05, 0.1) is 0 Å². The number of hydrogen-bond acceptors (Lipinski definition) is 4. The zero-order valence-corrected chi connectivity index (χ0v) is 14.3. The highest BCUT2D eigenvalue weighted by molar-refractivity contribution is 5.58. The Balaban J connectivity index is 1.72.